The number of hydrogen-bond acceptors (Lipinski definition) is 1. The van der Waals surface area contributed by atoms with Crippen LogP contribution in [0.4, 0.5) is 4.39 Å². The normalized spacial score (nSPS) is 23.4. The smallest absolute Gasteiger partial charge is 0.116 e. The van der Waals surface area contributed by atoms with E-state index in [0.29, 0.717) is 12.5 Å². The van der Waals surface area contributed by atoms with Gasteiger partial charge in [0.25, 0.3) is 0 Å². The molecule has 1 aromatic carbocycles. The van der Waals surface area contributed by atoms with E-state index in [2.05, 4.69) is 49.9 Å². The van der Waals surface area contributed by atoms with E-state index in [1.165, 1.54) is 11.1 Å². The summed E-state index contributed by atoms with van der Waals surface area (Å²) in [6, 6.07) is 8.52. The fourth-order valence-corrected chi connectivity index (χ4v) is 2.95. The second kappa shape index (κ2) is 8.41. The Labute approximate surface area is 124 Å². The number of likely N-dealkylation sites (tertiary alicyclic amines) is 1. The monoisotopic (exact) mass is 279 g/mol. The van der Waals surface area contributed by atoms with Crippen LogP contribution in [0.25, 0.3) is 0 Å². The maximum Gasteiger partial charge on any atom is 0.116 e. The predicted molar refractivity (Wildman–Crippen MR) is 85.6 cm³/mol. The van der Waals surface area contributed by atoms with Crippen LogP contribution in [0, 0.1) is 18.8 Å². The molecule has 0 aliphatic carbocycles. The molecule has 1 heterocycles. The standard InChI is InChI=1S/C16H24FN.C2H6/c1-12(2)15-7-8-18(11-16(15)17)10-14-6-4-5-13(3)9-14;1-2/h4-6,9,12,15-16H,7-8,10-11H2,1-3H3;1-2H3. The minimum atomic E-state index is -0.663. The third-order valence-electron chi connectivity index (χ3n) is 4.02. The third kappa shape index (κ3) is 4.90. The van der Waals surface area contributed by atoms with Crippen molar-refractivity contribution in [3.8, 4) is 0 Å². The molecule has 2 atom stereocenters. The molecule has 0 saturated carbocycles. The van der Waals surface area contributed by atoms with Gasteiger partial charge in [0.2, 0.25) is 0 Å². The van der Waals surface area contributed by atoms with Gasteiger partial charge >= 0.3 is 0 Å². The highest BCUT2D eigenvalue weighted by atomic mass is 19.1. The molecule has 0 bridgehead atoms. The van der Waals surface area contributed by atoms with Crippen LogP contribution in [-0.2, 0) is 6.54 Å². The molecule has 0 N–H and O–H groups in total. The fourth-order valence-electron chi connectivity index (χ4n) is 2.95. The molecule has 20 heavy (non-hydrogen) atoms. The zero-order valence-electron chi connectivity index (χ0n) is 13.7. The van der Waals surface area contributed by atoms with E-state index in [0.717, 1.165) is 19.5 Å². The molecule has 2 unspecified atom stereocenters. The van der Waals surface area contributed by atoms with E-state index >= 15 is 0 Å². The number of aryl methyl sites for hydroxylation is 1. The van der Waals surface area contributed by atoms with Crippen molar-refractivity contribution in [3.05, 3.63) is 35.4 Å². The van der Waals surface area contributed by atoms with Crippen LogP contribution >= 0.6 is 0 Å². The van der Waals surface area contributed by atoms with Crippen LogP contribution in [0.3, 0.4) is 0 Å². The predicted octanol–water partition coefficient (Wildman–Crippen LogP) is 4.84. The van der Waals surface area contributed by atoms with Crippen molar-refractivity contribution in [2.75, 3.05) is 13.1 Å². The minimum absolute atomic E-state index is 0.249. The van der Waals surface area contributed by atoms with E-state index in [1.807, 2.05) is 13.8 Å². The summed E-state index contributed by atoms with van der Waals surface area (Å²) in [7, 11) is 0. The van der Waals surface area contributed by atoms with E-state index in [4.69, 9.17) is 0 Å². The first kappa shape index (κ1) is 17.2. The Morgan fingerprint density at radius 1 is 1.30 bits per heavy atom. The molecule has 1 saturated heterocycles. The highest BCUT2D eigenvalue weighted by molar-refractivity contribution is 5.22. The second-order valence-electron chi connectivity index (χ2n) is 5.94. The second-order valence-corrected chi connectivity index (χ2v) is 5.94. The van der Waals surface area contributed by atoms with Crippen molar-refractivity contribution in [1.82, 2.24) is 4.90 Å². The van der Waals surface area contributed by atoms with Gasteiger partial charge in [-0.05, 0) is 37.3 Å². The lowest BCUT2D eigenvalue weighted by atomic mass is 9.85. The van der Waals surface area contributed by atoms with Gasteiger partial charge in [0.1, 0.15) is 6.17 Å². The van der Waals surface area contributed by atoms with Crippen molar-refractivity contribution in [3.63, 3.8) is 0 Å². The SMILES string of the molecule is CC.Cc1cccc(CN2CCC(C(C)C)C(F)C2)c1. The zero-order valence-corrected chi connectivity index (χ0v) is 13.7. The zero-order chi connectivity index (χ0) is 15.1. The average Bonchev–Trinajstić information content (AvgIpc) is 2.40. The minimum Gasteiger partial charge on any atom is -0.296 e. The topological polar surface area (TPSA) is 3.24 Å². The molecule has 1 aliphatic heterocycles. The summed E-state index contributed by atoms with van der Waals surface area (Å²) in [5.41, 5.74) is 2.58. The van der Waals surface area contributed by atoms with E-state index in [9.17, 15) is 4.39 Å². The molecule has 1 nitrogen and oxygen atoms in total. The number of alkyl halides is 1. The lowest BCUT2D eigenvalue weighted by molar-refractivity contribution is 0.0574. The first-order valence-corrected chi connectivity index (χ1v) is 7.98. The third-order valence-corrected chi connectivity index (χ3v) is 4.02. The van der Waals surface area contributed by atoms with Gasteiger partial charge in [-0.2, -0.15) is 0 Å². The molecule has 2 rings (SSSR count). The van der Waals surface area contributed by atoms with Gasteiger partial charge in [0.05, 0.1) is 0 Å². The van der Waals surface area contributed by atoms with E-state index in [-0.39, 0.29) is 5.92 Å². The molecule has 2 heteroatoms. The first-order valence-electron chi connectivity index (χ1n) is 7.98. The van der Waals surface area contributed by atoms with Crippen molar-refractivity contribution in [2.24, 2.45) is 11.8 Å². The van der Waals surface area contributed by atoms with Crippen molar-refractivity contribution < 1.29 is 4.39 Å². The lowest BCUT2D eigenvalue weighted by Crippen LogP contribution is -2.43. The Balaban J connectivity index is 0.000000956. The van der Waals surface area contributed by atoms with Gasteiger partial charge in [0.15, 0.2) is 0 Å². The molecule has 0 spiro atoms. The van der Waals surface area contributed by atoms with Gasteiger partial charge in [-0.1, -0.05) is 57.5 Å². The Morgan fingerprint density at radius 3 is 2.55 bits per heavy atom. The molecule has 0 aromatic heterocycles. The Hall–Kier alpha value is -0.890. The number of nitrogens with zero attached hydrogens (tertiary/aromatic N) is 1. The van der Waals surface area contributed by atoms with Gasteiger partial charge in [-0.15, -0.1) is 0 Å². The molecule has 0 amide bonds. The number of rotatable bonds is 3. The number of benzene rings is 1. The molecular formula is C18H30FN. The summed E-state index contributed by atoms with van der Waals surface area (Å²) >= 11 is 0. The molecule has 1 aliphatic rings. The van der Waals surface area contributed by atoms with E-state index in [1.54, 1.807) is 0 Å². The molecule has 1 fully saturated rings. The molecule has 0 radical (unpaired) electrons. The lowest BCUT2D eigenvalue weighted by Gasteiger charge is -2.36. The van der Waals surface area contributed by atoms with Crippen LogP contribution in [0.5, 0.6) is 0 Å². The summed E-state index contributed by atoms with van der Waals surface area (Å²) in [6.07, 6.45) is 0.327. The van der Waals surface area contributed by atoms with Gasteiger partial charge in [-0.3, -0.25) is 4.90 Å². The van der Waals surface area contributed by atoms with Crippen LogP contribution in [0.15, 0.2) is 24.3 Å². The molecule has 114 valence electrons. The number of hydrogen-bond donors (Lipinski definition) is 0. The Kier molecular flexibility index (Phi) is 7.22. The van der Waals surface area contributed by atoms with Crippen molar-refractivity contribution >= 4 is 0 Å². The van der Waals surface area contributed by atoms with Crippen LogP contribution < -0.4 is 0 Å². The number of piperidine rings is 1. The van der Waals surface area contributed by atoms with Gasteiger partial charge in [-0.25, -0.2) is 4.39 Å². The van der Waals surface area contributed by atoms with Gasteiger partial charge < -0.3 is 0 Å². The quantitative estimate of drug-likeness (QED) is 0.765. The maximum atomic E-state index is 14.1. The maximum absolute atomic E-state index is 14.1. The van der Waals surface area contributed by atoms with Crippen molar-refractivity contribution in [2.45, 2.75) is 53.8 Å². The summed E-state index contributed by atoms with van der Waals surface area (Å²) < 4.78 is 14.1. The highest BCUT2D eigenvalue weighted by Crippen LogP contribution is 2.28. The highest BCUT2D eigenvalue weighted by Gasteiger charge is 2.30. The van der Waals surface area contributed by atoms with Crippen LogP contribution in [0.2, 0.25) is 0 Å². The summed E-state index contributed by atoms with van der Waals surface area (Å²) in [5.74, 6) is 0.708. The number of halogens is 1. The Bertz CT molecular complexity index is 389. The largest absolute Gasteiger partial charge is 0.296 e. The first-order chi connectivity index (χ1) is 9.56. The van der Waals surface area contributed by atoms with E-state index < -0.39 is 6.17 Å². The van der Waals surface area contributed by atoms with Crippen LogP contribution in [0.1, 0.15) is 45.2 Å². The molecular weight excluding hydrogens is 249 g/mol. The summed E-state index contributed by atoms with van der Waals surface area (Å²) in [6.45, 7) is 12.9. The Morgan fingerprint density at radius 2 is 2.00 bits per heavy atom. The fraction of sp³-hybridized carbons (Fsp3) is 0.667. The van der Waals surface area contributed by atoms with Crippen molar-refractivity contribution in [1.29, 1.82) is 0 Å². The average molecular weight is 279 g/mol. The summed E-state index contributed by atoms with van der Waals surface area (Å²) in [4.78, 5) is 2.25. The molecule has 1 aromatic rings. The van der Waals surface area contributed by atoms with Gasteiger partial charge in [0, 0.05) is 13.1 Å². The summed E-state index contributed by atoms with van der Waals surface area (Å²) in [5, 5.41) is 0. The van der Waals surface area contributed by atoms with Crippen LogP contribution in [-0.4, -0.2) is 24.2 Å².